The summed E-state index contributed by atoms with van der Waals surface area (Å²) in [6, 6.07) is 17.7. The van der Waals surface area contributed by atoms with E-state index in [0.717, 1.165) is 16.9 Å². The van der Waals surface area contributed by atoms with Crippen LogP contribution in [0.25, 0.3) is 22.8 Å². The lowest BCUT2D eigenvalue weighted by molar-refractivity contribution is 0.341. The molecular weight excluding hydrogens is 250 g/mol. The van der Waals surface area contributed by atoms with Crippen LogP contribution in [0.4, 0.5) is 0 Å². The van der Waals surface area contributed by atoms with Gasteiger partial charge in [-0.25, -0.2) is 4.98 Å². The molecule has 4 heteroatoms. The van der Waals surface area contributed by atoms with Gasteiger partial charge in [0.25, 0.3) is 0 Å². The van der Waals surface area contributed by atoms with Crippen LogP contribution in [-0.4, -0.2) is 21.8 Å². The van der Waals surface area contributed by atoms with Crippen LogP contribution in [0.1, 0.15) is 6.92 Å². The van der Waals surface area contributed by atoms with Gasteiger partial charge in [0.05, 0.1) is 12.2 Å². The average Bonchev–Trinajstić information content (AvgIpc) is 2.99. The standard InChI is InChI=1S/C16H15N3O/c1-2-20-14-11-7-6-10-13(14)16-17-15(18-19-16)12-8-4-3-5-9-12/h3-11H,2H2,1H3,(H,17,18,19). The van der Waals surface area contributed by atoms with Crippen molar-refractivity contribution in [2.45, 2.75) is 6.92 Å². The van der Waals surface area contributed by atoms with Crippen molar-refractivity contribution >= 4 is 0 Å². The molecule has 1 N–H and O–H groups in total. The maximum atomic E-state index is 5.62. The van der Waals surface area contributed by atoms with E-state index in [4.69, 9.17) is 4.74 Å². The molecule has 0 aliphatic rings. The molecule has 1 aromatic heterocycles. The Morgan fingerprint density at radius 2 is 1.75 bits per heavy atom. The predicted octanol–water partition coefficient (Wildman–Crippen LogP) is 3.54. The van der Waals surface area contributed by atoms with Gasteiger partial charge in [-0.2, -0.15) is 5.10 Å². The minimum atomic E-state index is 0.622. The van der Waals surface area contributed by atoms with E-state index in [9.17, 15) is 0 Å². The third-order valence-corrected chi connectivity index (χ3v) is 2.96. The van der Waals surface area contributed by atoms with Gasteiger partial charge in [-0.1, -0.05) is 42.5 Å². The molecule has 1 heterocycles. The molecule has 20 heavy (non-hydrogen) atoms. The number of benzene rings is 2. The average molecular weight is 265 g/mol. The molecule has 0 saturated heterocycles. The van der Waals surface area contributed by atoms with Crippen molar-refractivity contribution in [3.63, 3.8) is 0 Å². The van der Waals surface area contributed by atoms with Gasteiger partial charge in [0.1, 0.15) is 5.75 Å². The number of rotatable bonds is 4. The first kappa shape index (κ1) is 12.4. The summed E-state index contributed by atoms with van der Waals surface area (Å²) in [5, 5.41) is 7.25. The van der Waals surface area contributed by atoms with Crippen molar-refractivity contribution in [3.05, 3.63) is 54.6 Å². The van der Waals surface area contributed by atoms with Gasteiger partial charge in [-0.15, -0.1) is 0 Å². The summed E-state index contributed by atoms with van der Waals surface area (Å²) >= 11 is 0. The summed E-state index contributed by atoms with van der Waals surface area (Å²) in [6.45, 7) is 2.59. The summed E-state index contributed by atoms with van der Waals surface area (Å²) < 4.78 is 5.62. The number of para-hydroxylation sites is 1. The van der Waals surface area contributed by atoms with Crippen molar-refractivity contribution < 1.29 is 4.74 Å². The van der Waals surface area contributed by atoms with E-state index < -0.39 is 0 Å². The van der Waals surface area contributed by atoms with E-state index >= 15 is 0 Å². The normalized spacial score (nSPS) is 10.4. The largest absolute Gasteiger partial charge is 0.493 e. The maximum absolute atomic E-state index is 5.62. The Bertz CT molecular complexity index is 692. The van der Waals surface area contributed by atoms with Crippen molar-refractivity contribution in [1.29, 1.82) is 0 Å². The molecule has 3 aromatic rings. The smallest absolute Gasteiger partial charge is 0.181 e. The van der Waals surface area contributed by atoms with Gasteiger partial charge in [0, 0.05) is 5.56 Å². The fourth-order valence-electron chi connectivity index (χ4n) is 2.04. The van der Waals surface area contributed by atoms with Crippen LogP contribution in [0, 0.1) is 0 Å². The lowest BCUT2D eigenvalue weighted by Crippen LogP contribution is -1.94. The molecule has 2 aromatic carbocycles. The van der Waals surface area contributed by atoms with Crippen LogP contribution in [-0.2, 0) is 0 Å². The zero-order valence-corrected chi connectivity index (χ0v) is 11.2. The van der Waals surface area contributed by atoms with Gasteiger partial charge in [-0.05, 0) is 19.1 Å². The number of nitrogens with one attached hydrogen (secondary N) is 1. The highest BCUT2D eigenvalue weighted by Gasteiger charge is 2.11. The maximum Gasteiger partial charge on any atom is 0.181 e. The molecule has 0 amide bonds. The van der Waals surface area contributed by atoms with Gasteiger partial charge >= 0.3 is 0 Å². The molecule has 0 aliphatic heterocycles. The molecule has 0 unspecified atom stereocenters. The van der Waals surface area contributed by atoms with Crippen LogP contribution < -0.4 is 4.74 Å². The second-order valence-electron chi connectivity index (χ2n) is 4.30. The van der Waals surface area contributed by atoms with Crippen molar-refractivity contribution in [3.8, 4) is 28.5 Å². The van der Waals surface area contributed by atoms with E-state index in [2.05, 4.69) is 15.2 Å². The molecule has 0 fully saturated rings. The highest BCUT2D eigenvalue weighted by Crippen LogP contribution is 2.28. The minimum absolute atomic E-state index is 0.622. The van der Waals surface area contributed by atoms with Gasteiger partial charge in [0.2, 0.25) is 0 Å². The molecule has 0 spiro atoms. The topological polar surface area (TPSA) is 50.8 Å². The van der Waals surface area contributed by atoms with Crippen LogP contribution in [0.2, 0.25) is 0 Å². The van der Waals surface area contributed by atoms with Gasteiger partial charge in [0.15, 0.2) is 11.6 Å². The lowest BCUT2D eigenvalue weighted by Gasteiger charge is -2.06. The fraction of sp³-hybridized carbons (Fsp3) is 0.125. The van der Waals surface area contributed by atoms with E-state index in [1.54, 1.807) is 0 Å². The second-order valence-corrected chi connectivity index (χ2v) is 4.30. The minimum Gasteiger partial charge on any atom is -0.493 e. The number of hydrogen-bond donors (Lipinski definition) is 1. The molecule has 0 bridgehead atoms. The van der Waals surface area contributed by atoms with Crippen molar-refractivity contribution in [2.75, 3.05) is 6.61 Å². The zero-order valence-electron chi connectivity index (χ0n) is 11.2. The Kier molecular flexibility index (Phi) is 3.46. The van der Waals surface area contributed by atoms with Crippen molar-refractivity contribution in [1.82, 2.24) is 15.2 Å². The van der Waals surface area contributed by atoms with Gasteiger partial charge in [-0.3, -0.25) is 5.10 Å². The number of H-pyrrole nitrogens is 1. The Labute approximate surface area is 117 Å². The number of aromatic nitrogens is 3. The van der Waals surface area contributed by atoms with Crippen LogP contribution in [0.15, 0.2) is 54.6 Å². The molecular formula is C16H15N3O. The summed E-state index contributed by atoms with van der Waals surface area (Å²) in [5.41, 5.74) is 1.91. The third kappa shape index (κ3) is 2.40. The summed E-state index contributed by atoms with van der Waals surface area (Å²) in [4.78, 5) is 4.55. The van der Waals surface area contributed by atoms with E-state index in [0.29, 0.717) is 18.3 Å². The summed E-state index contributed by atoms with van der Waals surface area (Å²) in [6.07, 6.45) is 0. The Morgan fingerprint density at radius 1 is 1.00 bits per heavy atom. The first-order chi connectivity index (χ1) is 9.88. The number of aromatic amines is 1. The Hall–Kier alpha value is -2.62. The van der Waals surface area contributed by atoms with E-state index in [1.165, 1.54) is 0 Å². The van der Waals surface area contributed by atoms with Gasteiger partial charge < -0.3 is 4.74 Å². The number of nitrogens with zero attached hydrogens (tertiary/aromatic N) is 2. The SMILES string of the molecule is CCOc1ccccc1-c1nc(-c2ccccc2)n[nH]1. The highest BCUT2D eigenvalue weighted by molar-refractivity contribution is 5.66. The number of hydrogen-bond acceptors (Lipinski definition) is 3. The third-order valence-electron chi connectivity index (χ3n) is 2.96. The zero-order chi connectivity index (χ0) is 13.8. The quantitative estimate of drug-likeness (QED) is 0.785. The molecule has 100 valence electrons. The summed E-state index contributed by atoms with van der Waals surface area (Å²) in [7, 11) is 0. The second kappa shape index (κ2) is 5.57. The first-order valence-corrected chi connectivity index (χ1v) is 6.58. The van der Waals surface area contributed by atoms with Crippen LogP contribution >= 0.6 is 0 Å². The molecule has 3 rings (SSSR count). The molecule has 4 nitrogen and oxygen atoms in total. The Balaban J connectivity index is 1.98. The molecule has 0 atom stereocenters. The highest BCUT2D eigenvalue weighted by atomic mass is 16.5. The Morgan fingerprint density at radius 3 is 2.55 bits per heavy atom. The lowest BCUT2D eigenvalue weighted by atomic mass is 10.2. The van der Waals surface area contributed by atoms with E-state index in [1.807, 2.05) is 61.5 Å². The van der Waals surface area contributed by atoms with Crippen LogP contribution in [0.3, 0.4) is 0 Å². The fourth-order valence-corrected chi connectivity index (χ4v) is 2.04. The molecule has 0 radical (unpaired) electrons. The predicted molar refractivity (Wildman–Crippen MR) is 78.4 cm³/mol. The number of ether oxygens (including phenoxy) is 1. The van der Waals surface area contributed by atoms with Crippen molar-refractivity contribution in [2.24, 2.45) is 0 Å². The first-order valence-electron chi connectivity index (χ1n) is 6.58. The monoisotopic (exact) mass is 265 g/mol. The molecule has 0 aliphatic carbocycles. The summed E-state index contributed by atoms with van der Waals surface area (Å²) in [5.74, 6) is 2.21. The van der Waals surface area contributed by atoms with E-state index in [-0.39, 0.29) is 0 Å². The molecule has 0 saturated carbocycles. The van der Waals surface area contributed by atoms with Crippen LogP contribution in [0.5, 0.6) is 5.75 Å².